The minimum Gasteiger partial charge on any atom is -0.490 e. The van der Waals surface area contributed by atoms with Crippen LogP contribution in [0.5, 0.6) is 11.5 Å². The first-order valence-corrected chi connectivity index (χ1v) is 8.70. The fourth-order valence-corrected chi connectivity index (χ4v) is 2.63. The summed E-state index contributed by atoms with van der Waals surface area (Å²) < 4.78 is 11.3. The van der Waals surface area contributed by atoms with Gasteiger partial charge in [-0.2, -0.15) is 5.10 Å². The van der Waals surface area contributed by atoms with Crippen LogP contribution in [-0.4, -0.2) is 29.0 Å². The molecule has 0 bridgehead atoms. The van der Waals surface area contributed by atoms with Crippen molar-refractivity contribution in [2.24, 2.45) is 5.10 Å². The Morgan fingerprint density at radius 3 is 2.70 bits per heavy atom. The number of hydrogen-bond donors (Lipinski definition) is 2. The average molecular weight is 386 g/mol. The van der Waals surface area contributed by atoms with Gasteiger partial charge in [0.15, 0.2) is 16.6 Å². The van der Waals surface area contributed by atoms with E-state index in [-0.39, 0.29) is 10.8 Å². The van der Waals surface area contributed by atoms with E-state index in [1.54, 1.807) is 18.2 Å². The molecule has 3 rings (SSSR count). The number of hydrogen-bond acceptors (Lipinski definition) is 6. The highest BCUT2D eigenvalue weighted by molar-refractivity contribution is 7.80. The molecule has 0 radical (unpaired) electrons. The molecule has 1 heterocycles. The van der Waals surface area contributed by atoms with Crippen molar-refractivity contribution in [2.75, 3.05) is 18.5 Å². The molecule has 0 fully saturated rings. The van der Waals surface area contributed by atoms with Gasteiger partial charge in [-0.3, -0.25) is 15.5 Å². The van der Waals surface area contributed by atoms with E-state index in [9.17, 15) is 10.1 Å². The molecule has 27 heavy (non-hydrogen) atoms. The molecule has 0 saturated heterocycles. The molecular formula is C18H18N4O4S. The highest BCUT2D eigenvalue weighted by Crippen LogP contribution is 2.30. The number of nitrogens with one attached hydrogen (secondary N) is 2. The van der Waals surface area contributed by atoms with Crippen LogP contribution in [0, 0.1) is 10.1 Å². The van der Waals surface area contributed by atoms with Gasteiger partial charge in [0.1, 0.15) is 5.69 Å². The molecule has 1 aliphatic rings. The highest BCUT2D eigenvalue weighted by Gasteiger charge is 2.14. The van der Waals surface area contributed by atoms with E-state index >= 15 is 0 Å². The van der Waals surface area contributed by atoms with Gasteiger partial charge in [-0.1, -0.05) is 12.1 Å². The predicted molar refractivity (Wildman–Crippen MR) is 107 cm³/mol. The molecule has 0 spiro atoms. The number of benzene rings is 2. The summed E-state index contributed by atoms with van der Waals surface area (Å²) in [5.41, 5.74) is 4.46. The zero-order valence-corrected chi connectivity index (χ0v) is 15.4. The normalized spacial score (nSPS) is 13.4. The number of para-hydroxylation sites is 2. The Morgan fingerprint density at radius 1 is 1.19 bits per heavy atom. The number of ether oxygens (including phenoxy) is 2. The van der Waals surface area contributed by atoms with Crippen molar-refractivity contribution >= 4 is 34.4 Å². The lowest BCUT2D eigenvalue weighted by Crippen LogP contribution is -2.25. The zero-order valence-electron chi connectivity index (χ0n) is 14.6. The Bertz CT molecular complexity index is 901. The SMILES string of the molecule is C/C(=N/NC(=S)Nc1ccccc1[N+](=O)[O-])c1ccc2c(c1)OCCCO2. The summed E-state index contributed by atoms with van der Waals surface area (Å²) in [4.78, 5) is 10.6. The van der Waals surface area contributed by atoms with E-state index in [4.69, 9.17) is 21.7 Å². The lowest BCUT2D eigenvalue weighted by Gasteiger charge is -2.10. The van der Waals surface area contributed by atoms with E-state index in [0.29, 0.717) is 36.1 Å². The molecule has 0 saturated carbocycles. The Balaban J connectivity index is 1.68. The van der Waals surface area contributed by atoms with Crippen LogP contribution in [0.2, 0.25) is 0 Å². The standard InChI is InChI=1S/C18H18N4O4S/c1-12(13-7-8-16-17(11-13)26-10-4-9-25-16)20-21-18(27)19-14-5-2-3-6-15(14)22(23)24/h2-3,5-8,11H,4,9-10H2,1H3,(H2,19,21,27)/b20-12-. The van der Waals surface area contributed by atoms with Gasteiger partial charge in [-0.05, 0) is 43.4 Å². The van der Waals surface area contributed by atoms with E-state index in [1.165, 1.54) is 6.07 Å². The number of nitro benzene ring substituents is 1. The number of rotatable bonds is 4. The molecular weight excluding hydrogens is 368 g/mol. The molecule has 0 aliphatic carbocycles. The smallest absolute Gasteiger partial charge is 0.292 e. The van der Waals surface area contributed by atoms with Crippen LogP contribution in [0.3, 0.4) is 0 Å². The fraction of sp³-hybridized carbons (Fsp3) is 0.222. The van der Waals surface area contributed by atoms with Crippen molar-refractivity contribution in [2.45, 2.75) is 13.3 Å². The average Bonchev–Trinajstić information content (AvgIpc) is 2.91. The predicted octanol–water partition coefficient (Wildman–Crippen LogP) is 3.47. The molecule has 9 heteroatoms. The third-order valence-corrected chi connectivity index (χ3v) is 4.03. The molecule has 0 atom stereocenters. The Hall–Kier alpha value is -3.20. The summed E-state index contributed by atoms with van der Waals surface area (Å²) in [6.45, 7) is 3.06. The molecule has 2 aromatic carbocycles. The second-order valence-electron chi connectivity index (χ2n) is 5.75. The maximum atomic E-state index is 11.0. The van der Waals surface area contributed by atoms with Crippen LogP contribution < -0.4 is 20.2 Å². The van der Waals surface area contributed by atoms with E-state index < -0.39 is 4.92 Å². The summed E-state index contributed by atoms with van der Waals surface area (Å²) in [5.74, 6) is 1.39. The molecule has 0 unspecified atom stereocenters. The summed E-state index contributed by atoms with van der Waals surface area (Å²) in [6, 6.07) is 11.8. The Kier molecular flexibility index (Phi) is 5.82. The lowest BCUT2D eigenvalue weighted by atomic mass is 10.1. The monoisotopic (exact) mass is 386 g/mol. The van der Waals surface area contributed by atoms with Gasteiger partial charge in [0, 0.05) is 18.1 Å². The van der Waals surface area contributed by atoms with Gasteiger partial charge >= 0.3 is 0 Å². The quantitative estimate of drug-likeness (QED) is 0.359. The van der Waals surface area contributed by atoms with E-state index in [2.05, 4.69) is 15.8 Å². The summed E-state index contributed by atoms with van der Waals surface area (Å²) in [7, 11) is 0. The minimum atomic E-state index is -0.475. The molecule has 0 amide bonds. The largest absolute Gasteiger partial charge is 0.490 e. The maximum Gasteiger partial charge on any atom is 0.292 e. The van der Waals surface area contributed by atoms with Gasteiger partial charge in [-0.15, -0.1) is 0 Å². The molecule has 8 nitrogen and oxygen atoms in total. The third-order valence-electron chi connectivity index (χ3n) is 3.84. The van der Waals surface area contributed by atoms with Crippen LogP contribution in [0.1, 0.15) is 18.9 Å². The topological polar surface area (TPSA) is 98.0 Å². The maximum absolute atomic E-state index is 11.0. The molecule has 0 aromatic heterocycles. The number of anilines is 1. The highest BCUT2D eigenvalue weighted by atomic mass is 32.1. The van der Waals surface area contributed by atoms with Crippen LogP contribution in [0.4, 0.5) is 11.4 Å². The van der Waals surface area contributed by atoms with Gasteiger partial charge in [-0.25, -0.2) is 0 Å². The summed E-state index contributed by atoms with van der Waals surface area (Å²) >= 11 is 5.17. The Morgan fingerprint density at radius 2 is 1.93 bits per heavy atom. The lowest BCUT2D eigenvalue weighted by molar-refractivity contribution is -0.383. The first-order chi connectivity index (χ1) is 13.0. The number of nitro groups is 1. The third kappa shape index (κ3) is 4.70. The second-order valence-corrected chi connectivity index (χ2v) is 6.16. The van der Waals surface area contributed by atoms with Crippen molar-refractivity contribution in [3.63, 3.8) is 0 Å². The van der Waals surface area contributed by atoms with Crippen molar-refractivity contribution in [3.8, 4) is 11.5 Å². The molecule has 140 valence electrons. The van der Waals surface area contributed by atoms with E-state index in [1.807, 2.05) is 25.1 Å². The Labute approximate surface area is 161 Å². The fourth-order valence-electron chi connectivity index (χ4n) is 2.48. The number of nitrogens with zero attached hydrogens (tertiary/aromatic N) is 2. The first-order valence-electron chi connectivity index (χ1n) is 8.29. The van der Waals surface area contributed by atoms with Crippen LogP contribution >= 0.6 is 12.2 Å². The van der Waals surface area contributed by atoms with Crippen LogP contribution in [-0.2, 0) is 0 Å². The second kappa shape index (κ2) is 8.45. The van der Waals surface area contributed by atoms with Crippen molar-refractivity contribution in [1.82, 2.24) is 5.43 Å². The van der Waals surface area contributed by atoms with Crippen molar-refractivity contribution < 1.29 is 14.4 Å². The zero-order chi connectivity index (χ0) is 19.2. The van der Waals surface area contributed by atoms with Crippen molar-refractivity contribution in [3.05, 3.63) is 58.1 Å². The summed E-state index contributed by atoms with van der Waals surface area (Å²) in [6.07, 6.45) is 0.838. The van der Waals surface area contributed by atoms with Gasteiger partial charge in [0.25, 0.3) is 5.69 Å². The molecule has 1 aliphatic heterocycles. The first kappa shape index (κ1) is 18.6. The van der Waals surface area contributed by atoms with Crippen molar-refractivity contribution in [1.29, 1.82) is 0 Å². The van der Waals surface area contributed by atoms with Gasteiger partial charge in [0.05, 0.1) is 23.8 Å². The summed E-state index contributed by atoms with van der Waals surface area (Å²) in [5, 5.41) is 18.2. The minimum absolute atomic E-state index is 0.0646. The molecule has 2 N–H and O–H groups in total. The number of hydrazone groups is 1. The van der Waals surface area contributed by atoms with Crippen LogP contribution in [0.15, 0.2) is 47.6 Å². The number of thiocarbonyl (C=S) groups is 1. The van der Waals surface area contributed by atoms with Gasteiger partial charge < -0.3 is 14.8 Å². The van der Waals surface area contributed by atoms with Gasteiger partial charge in [0.2, 0.25) is 0 Å². The molecule has 2 aromatic rings. The number of fused-ring (bicyclic) bond motifs is 1. The van der Waals surface area contributed by atoms with Crippen LogP contribution in [0.25, 0.3) is 0 Å². The van der Waals surface area contributed by atoms with E-state index in [0.717, 1.165) is 12.0 Å².